The number of hydrogen-bond donors (Lipinski definition) is 1. The van der Waals surface area contributed by atoms with Crippen LogP contribution in [0.25, 0.3) is 0 Å². The Hall–Kier alpha value is -0.900. The molecule has 1 aliphatic rings. The van der Waals surface area contributed by atoms with Crippen molar-refractivity contribution >= 4 is 11.8 Å². The third kappa shape index (κ3) is 1.34. The maximum absolute atomic E-state index is 11.3. The molecule has 0 aromatic heterocycles. The van der Waals surface area contributed by atoms with Crippen LogP contribution < -0.4 is 5.84 Å². The van der Waals surface area contributed by atoms with Crippen LogP contribution in [0.2, 0.25) is 0 Å². The molecule has 0 aliphatic carbocycles. The Bertz CT molecular complexity index is 230. The van der Waals surface area contributed by atoms with Gasteiger partial charge in [0.1, 0.15) is 0 Å². The second-order valence-electron chi connectivity index (χ2n) is 4.22. The van der Waals surface area contributed by atoms with Crippen LogP contribution in [0, 0.1) is 11.3 Å². The summed E-state index contributed by atoms with van der Waals surface area (Å²) in [5.74, 6) is 4.45. The molecule has 0 aromatic rings. The molecule has 4 heteroatoms. The lowest BCUT2D eigenvalue weighted by Gasteiger charge is -2.23. The van der Waals surface area contributed by atoms with E-state index in [1.807, 2.05) is 20.8 Å². The zero-order valence-corrected chi connectivity index (χ0v) is 7.63. The first kappa shape index (κ1) is 9.19. The summed E-state index contributed by atoms with van der Waals surface area (Å²) in [6.07, 6.45) is 0.249. The van der Waals surface area contributed by atoms with Crippen molar-refractivity contribution in [3.05, 3.63) is 0 Å². The predicted molar refractivity (Wildman–Crippen MR) is 43.6 cm³/mol. The number of hydrogen-bond acceptors (Lipinski definition) is 3. The molecule has 1 saturated heterocycles. The van der Waals surface area contributed by atoms with E-state index in [0.29, 0.717) is 0 Å². The van der Waals surface area contributed by atoms with Gasteiger partial charge in [-0.15, -0.1) is 0 Å². The van der Waals surface area contributed by atoms with Gasteiger partial charge in [0.2, 0.25) is 11.8 Å². The van der Waals surface area contributed by atoms with Crippen LogP contribution in [0.1, 0.15) is 27.2 Å². The van der Waals surface area contributed by atoms with Crippen LogP contribution in [0.3, 0.4) is 0 Å². The summed E-state index contributed by atoms with van der Waals surface area (Å²) >= 11 is 0. The Morgan fingerprint density at radius 1 is 1.42 bits per heavy atom. The SMILES string of the molecule is CC(C)(C)C1CC(=O)N(N)C1=O. The van der Waals surface area contributed by atoms with E-state index in [1.54, 1.807) is 0 Å². The molecule has 0 saturated carbocycles. The maximum Gasteiger partial charge on any atom is 0.247 e. The molecule has 0 radical (unpaired) electrons. The maximum atomic E-state index is 11.3. The van der Waals surface area contributed by atoms with Crippen molar-refractivity contribution in [2.24, 2.45) is 17.2 Å². The van der Waals surface area contributed by atoms with Crippen LogP contribution >= 0.6 is 0 Å². The van der Waals surface area contributed by atoms with Gasteiger partial charge in [-0.05, 0) is 5.41 Å². The smallest absolute Gasteiger partial charge is 0.247 e. The van der Waals surface area contributed by atoms with E-state index >= 15 is 0 Å². The van der Waals surface area contributed by atoms with E-state index in [-0.39, 0.29) is 29.6 Å². The first-order chi connectivity index (χ1) is 5.34. The average molecular weight is 170 g/mol. The molecule has 4 nitrogen and oxygen atoms in total. The van der Waals surface area contributed by atoms with E-state index in [2.05, 4.69) is 0 Å². The average Bonchev–Trinajstić information content (AvgIpc) is 2.15. The highest BCUT2D eigenvalue weighted by atomic mass is 16.2. The van der Waals surface area contributed by atoms with Crippen molar-refractivity contribution in [3.8, 4) is 0 Å². The van der Waals surface area contributed by atoms with E-state index in [0.717, 1.165) is 5.01 Å². The minimum absolute atomic E-state index is 0.180. The lowest BCUT2D eigenvalue weighted by Crippen LogP contribution is -2.39. The molecule has 1 rings (SSSR count). The van der Waals surface area contributed by atoms with Crippen LogP contribution in [-0.4, -0.2) is 16.8 Å². The van der Waals surface area contributed by atoms with Gasteiger partial charge >= 0.3 is 0 Å². The quantitative estimate of drug-likeness (QED) is 0.322. The molecule has 2 N–H and O–H groups in total. The molecular formula is C8H14N2O2. The summed E-state index contributed by atoms with van der Waals surface area (Å²) < 4.78 is 0. The van der Waals surface area contributed by atoms with E-state index in [1.165, 1.54) is 0 Å². The topological polar surface area (TPSA) is 63.4 Å². The van der Waals surface area contributed by atoms with Crippen LogP contribution in [0.5, 0.6) is 0 Å². The lowest BCUT2D eigenvalue weighted by atomic mass is 9.80. The molecule has 0 spiro atoms. The first-order valence-corrected chi connectivity index (χ1v) is 3.95. The van der Waals surface area contributed by atoms with Gasteiger partial charge in [-0.1, -0.05) is 20.8 Å². The second-order valence-corrected chi connectivity index (χ2v) is 4.22. The number of rotatable bonds is 0. The third-order valence-electron chi connectivity index (χ3n) is 2.23. The van der Waals surface area contributed by atoms with Crippen molar-refractivity contribution in [3.63, 3.8) is 0 Å². The van der Waals surface area contributed by atoms with Gasteiger partial charge in [0.05, 0.1) is 5.92 Å². The van der Waals surface area contributed by atoms with Crippen molar-refractivity contribution in [1.29, 1.82) is 0 Å². The normalized spacial score (nSPS) is 25.3. The Balaban J connectivity index is 2.86. The van der Waals surface area contributed by atoms with Crippen molar-refractivity contribution in [2.45, 2.75) is 27.2 Å². The summed E-state index contributed by atoms with van der Waals surface area (Å²) in [4.78, 5) is 22.4. The molecule has 0 aromatic carbocycles. The van der Waals surface area contributed by atoms with Gasteiger partial charge in [0, 0.05) is 6.42 Å². The largest absolute Gasteiger partial charge is 0.273 e. The Kier molecular flexibility index (Phi) is 1.96. The number of imide groups is 1. The molecule has 2 amide bonds. The molecule has 1 aliphatic heterocycles. The van der Waals surface area contributed by atoms with E-state index in [9.17, 15) is 9.59 Å². The zero-order valence-electron chi connectivity index (χ0n) is 7.63. The fourth-order valence-electron chi connectivity index (χ4n) is 1.33. The van der Waals surface area contributed by atoms with Crippen LogP contribution in [0.4, 0.5) is 0 Å². The molecule has 1 unspecified atom stereocenters. The zero-order chi connectivity index (χ0) is 9.52. The standard InChI is InChI=1S/C8H14N2O2/c1-8(2,3)5-4-6(11)10(9)7(5)12/h5H,4,9H2,1-3H3. The van der Waals surface area contributed by atoms with Gasteiger partial charge in [-0.25, -0.2) is 10.9 Å². The summed E-state index contributed by atoms with van der Waals surface area (Å²) in [5.41, 5.74) is -0.180. The number of carbonyl (C=O) groups excluding carboxylic acids is 2. The number of nitrogens with two attached hydrogens (primary N) is 1. The predicted octanol–water partition coefficient (Wildman–Crippen LogP) is 0.281. The molecule has 12 heavy (non-hydrogen) atoms. The number of carbonyl (C=O) groups is 2. The monoisotopic (exact) mass is 170 g/mol. The van der Waals surface area contributed by atoms with Crippen molar-refractivity contribution in [1.82, 2.24) is 5.01 Å². The van der Waals surface area contributed by atoms with Gasteiger partial charge < -0.3 is 0 Å². The summed E-state index contributed by atoms with van der Waals surface area (Å²) in [5, 5.41) is 0.732. The molecule has 1 fully saturated rings. The Labute approximate surface area is 71.7 Å². The highest BCUT2D eigenvalue weighted by molar-refractivity contribution is 6.03. The van der Waals surface area contributed by atoms with Crippen LogP contribution in [0.15, 0.2) is 0 Å². The minimum Gasteiger partial charge on any atom is -0.273 e. The van der Waals surface area contributed by atoms with Crippen molar-refractivity contribution < 1.29 is 9.59 Å². The second kappa shape index (κ2) is 2.55. The van der Waals surface area contributed by atoms with Gasteiger partial charge in [-0.2, -0.15) is 0 Å². The molecule has 0 bridgehead atoms. The van der Waals surface area contributed by atoms with Crippen LogP contribution in [-0.2, 0) is 9.59 Å². The molecule has 1 atom stereocenters. The first-order valence-electron chi connectivity index (χ1n) is 3.95. The summed E-state index contributed by atoms with van der Waals surface area (Å²) in [6.45, 7) is 5.80. The minimum atomic E-state index is -0.278. The van der Waals surface area contributed by atoms with Gasteiger partial charge in [0.15, 0.2) is 0 Å². The fourth-order valence-corrected chi connectivity index (χ4v) is 1.33. The van der Waals surface area contributed by atoms with Crippen molar-refractivity contribution in [2.75, 3.05) is 0 Å². The number of amides is 2. The Morgan fingerprint density at radius 3 is 2.08 bits per heavy atom. The van der Waals surface area contributed by atoms with E-state index in [4.69, 9.17) is 5.84 Å². The molecular weight excluding hydrogens is 156 g/mol. The Morgan fingerprint density at radius 2 is 1.92 bits per heavy atom. The lowest BCUT2D eigenvalue weighted by molar-refractivity contribution is -0.140. The van der Waals surface area contributed by atoms with E-state index < -0.39 is 0 Å². The third-order valence-corrected chi connectivity index (χ3v) is 2.23. The summed E-state index contributed by atoms with van der Waals surface area (Å²) in [7, 11) is 0. The highest BCUT2D eigenvalue weighted by Crippen LogP contribution is 2.33. The molecule has 68 valence electrons. The highest BCUT2D eigenvalue weighted by Gasteiger charge is 2.43. The molecule has 1 heterocycles. The van der Waals surface area contributed by atoms with Gasteiger partial charge in [-0.3, -0.25) is 9.59 Å². The van der Waals surface area contributed by atoms with Gasteiger partial charge in [0.25, 0.3) is 0 Å². The number of nitrogens with zero attached hydrogens (tertiary/aromatic N) is 1. The number of hydrazine groups is 1. The fraction of sp³-hybridized carbons (Fsp3) is 0.750. The summed E-state index contributed by atoms with van der Waals surface area (Å²) in [6, 6.07) is 0.